The van der Waals surface area contributed by atoms with Crippen molar-refractivity contribution in [3.05, 3.63) is 17.5 Å². The summed E-state index contributed by atoms with van der Waals surface area (Å²) < 4.78 is 11.6. The summed E-state index contributed by atoms with van der Waals surface area (Å²) in [5, 5.41) is 1.93. The highest BCUT2D eigenvalue weighted by Crippen LogP contribution is 2.11. The average molecular weight is 146 g/mol. The van der Waals surface area contributed by atoms with Crippen molar-refractivity contribution in [2.45, 2.75) is 4.21 Å². The lowest BCUT2D eigenvalue weighted by Crippen LogP contribution is -1.78. The van der Waals surface area contributed by atoms with Crippen LogP contribution in [0.3, 0.4) is 0 Å². The van der Waals surface area contributed by atoms with Gasteiger partial charge < -0.3 is 0 Å². The Morgan fingerprint density at radius 1 is 1.75 bits per heavy atom. The highest BCUT2D eigenvalue weighted by atomic mass is 32.2. The minimum absolute atomic E-state index is 0.779. The third-order valence-electron chi connectivity index (χ3n) is 0.778. The Kier molecular flexibility index (Phi) is 1.81. The molecule has 1 aromatic rings. The SMILES string of the molecule is C[S@](=O)c1cccs1. The third kappa shape index (κ3) is 1.17. The number of hydrogen-bond acceptors (Lipinski definition) is 2. The highest BCUT2D eigenvalue weighted by Gasteiger charge is 1.93. The van der Waals surface area contributed by atoms with Crippen LogP contribution in [0.15, 0.2) is 21.7 Å². The molecule has 0 amide bonds. The molecule has 0 aliphatic carbocycles. The quantitative estimate of drug-likeness (QED) is 0.586. The van der Waals surface area contributed by atoms with E-state index in [1.54, 1.807) is 6.26 Å². The molecule has 0 aromatic carbocycles. The molecule has 0 N–H and O–H groups in total. The maximum absolute atomic E-state index is 10.6. The second-order valence-corrected chi connectivity index (χ2v) is 3.94. The van der Waals surface area contributed by atoms with Gasteiger partial charge in [0.25, 0.3) is 0 Å². The molecule has 0 saturated carbocycles. The van der Waals surface area contributed by atoms with Gasteiger partial charge in [-0.15, -0.1) is 11.3 Å². The van der Waals surface area contributed by atoms with Gasteiger partial charge in [0.15, 0.2) is 0 Å². The van der Waals surface area contributed by atoms with E-state index >= 15 is 0 Å². The summed E-state index contributed by atoms with van der Waals surface area (Å²) in [7, 11) is -0.779. The van der Waals surface area contributed by atoms with Crippen LogP contribution in [0, 0.1) is 0 Å². The molecule has 1 rings (SSSR count). The maximum Gasteiger partial charge on any atom is 0.0907 e. The Labute approximate surface area is 54.8 Å². The molecule has 0 saturated heterocycles. The Hall–Kier alpha value is -0.150. The lowest BCUT2D eigenvalue weighted by atomic mass is 10.7. The van der Waals surface area contributed by atoms with E-state index in [1.165, 1.54) is 11.3 Å². The molecule has 1 aromatic heterocycles. The Morgan fingerprint density at radius 3 is 2.75 bits per heavy atom. The largest absolute Gasteiger partial charge is 0.254 e. The van der Waals surface area contributed by atoms with Crippen LogP contribution in [-0.4, -0.2) is 10.5 Å². The van der Waals surface area contributed by atoms with Crippen LogP contribution < -0.4 is 0 Å². The predicted molar refractivity (Wildman–Crippen MR) is 36.7 cm³/mol. The first-order valence-electron chi connectivity index (χ1n) is 2.17. The van der Waals surface area contributed by atoms with E-state index in [0.717, 1.165) is 4.21 Å². The minimum Gasteiger partial charge on any atom is -0.254 e. The van der Waals surface area contributed by atoms with Crippen molar-refractivity contribution in [2.75, 3.05) is 6.26 Å². The van der Waals surface area contributed by atoms with Gasteiger partial charge >= 0.3 is 0 Å². The van der Waals surface area contributed by atoms with Crippen molar-refractivity contribution in [2.24, 2.45) is 0 Å². The zero-order valence-electron chi connectivity index (χ0n) is 4.46. The monoisotopic (exact) mass is 146 g/mol. The Bertz CT molecular complexity index is 178. The van der Waals surface area contributed by atoms with Crippen molar-refractivity contribution >= 4 is 22.1 Å². The fourth-order valence-electron chi connectivity index (χ4n) is 0.427. The molecule has 1 atom stereocenters. The zero-order valence-corrected chi connectivity index (χ0v) is 6.09. The van der Waals surface area contributed by atoms with Gasteiger partial charge in [-0.05, 0) is 11.4 Å². The van der Waals surface area contributed by atoms with Crippen LogP contribution >= 0.6 is 11.3 Å². The van der Waals surface area contributed by atoms with E-state index < -0.39 is 10.8 Å². The molecule has 0 radical (unpaired) electrons. The Balaban J connectivity index is 2.93. The Morgan fingerprint density at radius 2 is 2.50 bits per heavy atom. The normalized spacial score (nSPS) is 13.6. The van der Waals surface area contributed by atoms with Gasteiger partial charge in [-0.2, -0.15) is 0 Å². The average Bonchev–Trinajstić information content (AvgIpc) is 2.12. The van der Waals surface area contributed by atoms with Gasteiger partial charge in [0, 0.05) is 6.26 Å². The molecular weight excluding hydrogens is 140 g/mol. The van der Waals surface area contributed by atoms with Crippen molar-refractivity contribution in [3.8, 4) is 0 Å². The highest BCUT2D eigenvalue weighted by molar-refractivity contribution is 7.86. The summed E-state index contributed by atoms with van der Waals surface area (Å²) in [5.74, 6) is 0. The molecule has 3 heteroatoms. The molecule has 1 heterocycles. The third-order valence-corrected chi connectivity index (χ3v) is 3.14. The van der Waals surface area contributed by atoms with Gasteiger partial charge in [-0.3, -0.25) is 4.21 Å². The van der Waals surface area contributed by atoms with Gasteiger partial charge in [0.05, 0.1) is 15.0 Å². The lowest BCUT2D eigenvalue weighted by molar-refractivity contribution is 0.688. The fourth-order valence-corrected chi connectivity index (χ4v) is 1.85. The molecule has 8 heavy (non-hydrogen) atoms. The van der Waals surface area contributed by atoms with Crippen molar-refractivity contribution in [1.29, 1.82) is 0 Å². The summed E-state index contributed by atoms with van der Waals surface area (Å²) >= 11 is 1.53. The fraction of sp³-hybridized carbons (Fsp3) is 0.200. The van der Waals surface area contributed by atoms with Crippen LogP contribution in [0.4, 0.5) is 0 Å². The molecule has 0 aliphatic rings. The van der Waals surface area contributed by atoms with Gasteiger partial charge in [0.2, 0.25) is 0 Å². The van der Waals surface area contributed by atoms with E-state index in [-0.39, 0.29) is 0 Å². The smallest absolute Gasteiger partial charge is 0.0907 e. The lowest BCUT2D eigenvalue weighted by Gasteiger charge is -1.81. The first kappa shape index (κ1) is 5.98. The van der Waals surface area contributed by atoms with Crippen LogP contribution in [0.2, 0.25) is 0 Å². The van der Waals surface area contributed by atoms with E-state index in [9.17, 15) is 4.21 Å². The molecule has 0 unspecified atom stereocenters. The van der Waals surface area contributed by atoms with E-state index in [0.29, 0.717) is 0 Å². The molecule has 44 valence electrons. The minimum atomic E-state index is -0.779. The van der Waals surface area contributed by atoms with E-state index in [1.807, 2.05) is 17.5 Å². The second-order valence-electron chi connectivity index (χ2n) is 1.39. The zero-order chi connectivity index (χ0) is 5.98. The number of thiophene rings is 1. The topological polar surface area (TPSA) is 17.1 Å². The number of rotatable bonds is 1. The van der Waals surface area contributed by atoms with E-state index in [4.69, 9.17) is 0 Å². The first-order chi connectivity index (χ1) is 3.80. The molecule has 1 nitrogen and oxygen atoms in total. The summed E-state index contributed by atoms with van der Waals surface area (Å²) in [4.78, 5) is 0. The molecule has 0 fully saturated rings. The van der Waals surface area contributed by atoms with E-state index in [2.05, 4.69) is 0 Å². The number of hydrogen-bond donors (Lipinski definition) is 0. The first-order valence-corrected chi connectivity index (χ1v) is 4.61. The van der Waals surface area contributed by atoms with Gasteiger partial charge in [-0.1, -0.05) is 6.07 Å². The van der Waals surface area contributed by atoms with Crippen LogP contribution in [0.25, 0.3) is 0 Å². The van der Waals surface area contributed by atoms with Crippen molar-refractivity contribution in [1.82, 2.24) is 0 Å². The summed E-state index contributed by atoms with van der Waals surface area (Å²) in [5.41, 5.74) is 0. The van der Waals surface area contributed by atoms with Crippen LogP contribution in [-0.2, 0) is 10.8 Å². The maximum atomic E-state index is 10.6. The summed E-state index contributed by atoms with van der Waals surface area (Å²) in [6, 6.07) is 3.78. The standard InChI is InChI=1S/C5H6OS2/c1-8(6)5-3-2-4-7-5/h2-4H,1H3/t8-/m0/s1. The van der Waals surface area contributed by atoms with Gasteiger partial charge in [-0.25, -0.2) is 0 Å². The van der Waals surface area contributed by atoms with Gasteiger partial charge in [0.1, 0.15) is 0 Å². The molecular formula is C5H6OS2. The predicted octanol–water partition coefficient (Wildman–Crippen LogP) is 1.49. The van der Waals surface area contributed by atoms with Crippen LogP contribution in [0.5, 0.6) is 0 Å². The molecule has 0 bridgehead atoms. The van der Waals surface area contributed by atoms with Crippen molar-refractivity contribution in [3.63, 3.8) is 0 Å². The summed E-state index contributed by atoms with van der Waals surface area (Å²) in [6.45, 7) is 0. The van der Waals surface area contributed by atoms with Crippen molar-refractivity contribution < 1.29 is 4.21 Å². The van der Waals surface area contributed by atoms with Crippen LogP contribution in [0.1, 0.15) is 0 Å². The summed E-state index contributed by atoms with van der Waals surface area (Å²) in [6.07, 6.45) is 1.69. The molecule has 0 spiro atoms. The molecule has 0 aliphatic heterocycles. The second kappa shape index (κ2) is 2.42.